The molecule has 1 rings (SSSR count). The number of carbonyl (C=O) groups excluding carboxylic acids is 2. The van der Waals surface area contributed by atoms with E-state index in [1.165, 1.54) is 30.4 Å². The molecule has 0 saturated carbocycles. The molecule has 1 aromatic carbocycles. The Bertz CT molecular complexity index is 509. The third-order valence-corrected chi connectivity index (χ3v) is 2.41. The van der Waals surface area contributed by atoms with Crippen LogP contribution in [0.25, 0.3) is 6.08 Å². The van der Waals surface area contributed by atoms with E-state index in [1.54, 1.807) is 13.8 Å². The summed E-state index contributed by atoms with van der Waals surface area (Å²) in [5.41, 5.74) is 0.841. The minimum absolute atomic E-state index is 0.138. The summed E-state index contributed by atoms with van der Waals surface area (Å²) in [6.45, 7) is 3.94. The van der Waals surface area contributed by atoms with Crippen LogP contribution in [0.4, 0.5) is 4.39 Å². The summed E-state index contributed by atoms with van der Waals surface area (Å²) in [7, 11) is 0. The Labute approximate surface area is 117 Å². The molecule has 0 aliphatic heterocycles. The number of carbonyl (C=O) groups is 2. The summed E-state index contributed by atoms with van der Waals surface area (Å²) in [5, 5.41) is 0. The number of benzene rings is 1. The molecule has 0 atom stereocenters. The highest BCUT2D eigenvalue weighted by Gasteiger charge is 2.09. The summed E-state index contributed by atoms with van der Waals surface area (Å²) < 4.78 is 23.1. The molecule has 0 radical (unpaired) electrons. The van der Waals surface area contributed by atoms with Gasteiger partial charge in [0.05, 0.1) is 19.6 Å². The zero-order chi connectivity index (χ0) is 15.0. The molecule has 0 fully saturated rings. The average Bonchev–Trinajstić information content (AvgIpc) is 2.40. The monoisotopic (exact) mass is 280 g/mol. The van der Waals surface area contributed by atoms with Crippen LogP contribution in [-0.2, 0) is 25.5 Å². The molecular formula is C15H17FO4. The first-order chi connectivity index (χ1) is 9.56. The Morgan fingerprint density at radius 1 is 1.20 bits per heavy atom. The first-order valence-corrected chi connectivity index (χ1v) is 6.35. The molecule has 0 heterocycles. The lowest BCUT2D eigenvalue weighted by atomic mass is 10.1. The van der Waals surface area contributed by atoms with E-state index in [0.29, 0.717) is 12.2 Å². The van der Waals surface area contributed by atoms with E-state index in [9.17, 15) is 14.0 Å². The van der Waals surface area contributed by atoms with Crippen LogP contribution in [0.5, 0.6) is 0 Å². The Kier molecular flexibility index (Phi) is 6.43. The Morgan fingerprint density at radius 2 is 1.90 bits per heavy atom. The molecule has 0 unspecified atom stereocenters. The minimum atomic E-state index is -0.488. The maximum atomic E-state index is 13.6. The standard InChI is InChI=1S/C15H17FO4/c1-3-19-14(17)8-6-11-5-7-13(16)12(9-11)10-15(18)20-4-2/h5-9H,3-4,10H2,1-2H3/b8-6+. The number of halogens is 1. The Balaban J connectivity index is 2.80. The molecule has 0 spiro atoms. The highest BCUT2D eigenvalue weighted by atomic mass is 19.1. The maximum absolute atomic E-state index is 13.6. The first kappa shape index (κ1) is 15.9. The molecule has 1 aromatic rings. The van der Waals surface area contributed by atoms with Crippen LogP contribution < -0.4 is 0 Å². The lowest BCUT2D eigenvalue weighted by Crippen LogP contribution is -2.09. The van der Waals surface area contributed by atoms with Crippen molar-refractivity contribution in [1.82, 2.24) is 0 Å². The topological polar surface area (TPSA) is 52.6 Å². The van der Waals surface area contributed by atoms with Gasteiger partial charge in [0, 0.05) is 6.08 Å². The van der Waals surface area contributed by atoms with Gasteiger partial charge in [0.25, 0.3) is 0 Å². The van der Waals surface area contributed by atoms with Crippen molar-refractivity contribution in [2.75, 3.05) is 13.2 Å². The van der Waals surface area contributed by atoms with Gasteiger partial charge in [-0.25, -0.2) is 9.18 Å². The smallest absolute Gasteiger partial charge is 0.330 e. The van der Waals surface area contributed by atoms with Crippen molar-refractivity contribution in [3.05, 3.63) is 41.2 Å². The van der Waals surface area contributed by atoms with E-state index in [1.807, 2.05) is 0 Å². The molecule has 20 heavy (non-hydrogen) atoms. The van der Waals surface area contributed by atoms with Crippen LogP contribution in [0.1, 0.15) is 25.0 Å². The summed E-state index contributed by atoms with van der Waals surface area (Å²) in [6.07, 6.45) is 2.62. The van der Waals surface area contributed by atoms with Gasteiger partial charge in [-0.2, -0.15) is 0 Å². The van der Waals surface area contributed by atoms with E-state index >= 15 is 0 Å². The van der Waals surface area contributed by atoms with Gasteiger partial charge < -0.3 is 9.47 Å². The van der Waals surface area contributed by atoms with Crippen LogP contribution in [0.15, 0.2) is 24.3 Å². The van der Waals surface area contributed by atoms with Gasteiger partial charge in [-0.1, -0.05) is 6.07 Å². The number of rotatable bonds is 6. The van der Waals surface area contributed by atoms with Gasteiger partial charge in [-0.3, -0.25) is 4.79 Å². The Morgan fingerprint density at radius 3 is 2.55 bits per heavy atom. The second-order valence-corrected chi connectivity index (χ2v) is 3.92. The van der Waals surface area contributed by atoms with Crippen LogP contribution in [0.2, 0.25) is 0 Å². The van der Waals surface area contributed by atoms with Gasteiger partial charge in [0.1, 0.15) is 5.82 Å². The molecule has 5 heteroatoms. The molecule has 108 valence electrons. The van der Waals surface area contributed by atoms with Crippen LogP contribution >= 0.6 is 0 Å². The molecule has 4 nitrogen and oxygen atoms in total. The summed E-state index contributed by atoms with van der Waals surface area (Å²) >= 11 is 0. The second-order valence-electron chi connectivity index (χ2n) is 3.92. The normalized spacial score (nSPS) is 10.6. The third-order valence-electron chi connectivity index (χ3n) is 2.41. The molecule has 0 bridgehead atoms. The summed E-state index contributed by atoms with van der Waals surface area (Å²) in [5.74, 6) is -1.44. The van der Waals surface area contributed by atoms with Gasteiger partial charge in [0.15, 0.2) is 0 Å². The number of hydrogen-bond donors (Lipinski definition) is 0. The SMILES string of the molecule is CCOC(=O)/C=C/c1ccc(F)c(CC(=O)OCC)c1. The second kappa shape index (κ2) is 8.09. The van der Waals surface area contributed by atoms with E-state index in [4.69, 9.17) is 9.47 Å². The zero-order valence-electron chi connectivity index (χ0n) is 11.5. The van der Waals surface area contributed by atoms with Crippen molar-refractivity contribution in [1.29, 1.82) is 0 Å². The van der Waals surface area contributed by atoms with Crippen molar-refractivity contribution in [3.63, 3.8) is 0 Å². The fraction of sp³-hybridized carbons (Fsp3) is 0.333. The van der Waals surface area contributed by atoms with Crippen molar-refractivity contribution < 1.29 is 23.5 Å². The quantitative estimate of drug-likeness (QED) is 0.593. The average molecular weight is 280 g/mol. The van der Waals surface area contributed by atoms with E-state index in [2.05, 4.69) is 0 Å². The van der Waals surface area contributed by atoms with Crippen molar-refractivity contribution in [2.24, 2.45) is 0 Å². The summed E-state index contributed by atoms with van der Waals surface area (Å²) in [6, 6.07) is 4.26. The Hall–Kier alpha value is -2.17. The van der Waals surface area contributed by atoms with Crippen molar-refractivity contribution in [2.45, 2.75) is 20.3 Å². The van der Waals surface area contributed by atoms with Gasteiger partial charge in [0.2, 0.25) is 0 Å². The molecule has 0 aliphatic carbocycles. The number of ether oxygens (including phenoxy) is 2. The predicted octanol–water partition coefficient (Wildman–Crippen LogP) is 2.51. The molecule has 0 amide bonds. The largest absolute Gasteiger partial charge is 0.466 e. The highest BCUT2D eigenvalue weighted by Crippen LogP contribution is 2.13. The van der Waals surface area contributed by atoms with Gasteiger partial charge in [-0.05, 0) is 43.2 Å². The molecule has 0 saturated heterocycles. The number of esters is 2. The lowest BCUT2D eigenvalue weighted by Gasteiger charge is -2.04. The van der Waals surface area contributed by atoms with Crippen molar-refractivity contribution in [3.8, 4) is 0 Å². The summed E-state index contributed by atoms with van der Waals surface area (Å²) in [4.78, 5) is 22.5. The van der Waals surface area contributed by atoms with Gasteiger partial charge in [-0.15, -0.1) is 0 Å². The lowest BCUT2D eigenvalue weighted by molar-refractivity contribution is -0.142. The van der Waals surface area contributed by atoms with E-state index in [-0.39, 0.29) is 18.6 Å². The predicted molar refractivity (Wildman–Crippen MR) is 72.4 cm³/mol. The molecule has 0 aromatic heterocycles. The van der Waals surface area contributed by atoms with Crippen LogP contribution in [0, 0.1) is 5.82 Å². The van der Waals surface area contributed by atoms with Gasteiger partial charge >= 0.3 is 11.9 Å². The molecular weight excluding hydrogens is 263 g/mol. The maximum Gasteiger partial charge on any atom is 0.330 e. The van der Waals surface area contributed by atoms with Crippen molar-refractivity contribution >= 4 is 18.0 Å². The van der Waals surface area contributed by atoms with E-state index < -0.39 is 17.8 Å². The zero-order valence-corrected chi connectivity index (χ0v) is 11.5. The fourth-order valence-electron chi connectivity index (χ4n) is 1.56. The molecule has 0 N–H and O–H groups in total. The van der Waals surface area contributed by atoms with Crippen LogP contribution in [-0.4, -0.2) is 25.2 Å². The van der Waals surface area contributed by atoms with E-state index in [0.717, 1.165) is 0 Å². The van der Waals surface area contributed by atoms with Crippen LogP contribution in [0.3, 0.4) is 0 Å². The minimum Gasteiger partial charge on any atom is -0.466 e. The number of hydrogen-bond acceptors (Lipinski definition) is 4. The first-order valence-electron chi connectivity index (χ1n) is 6.35. The highest BCUT2D eigenvalue weighted by molar-refractivity contribution is 5.87. The molecule has 0 aliphatic rings. The third kappa shape index (κ3) is 5.22. The fourth-order valence-corrected chi connectivity index (χ4v) is 1.56.